The molecule has 1 aliphatic heterocycles. The summed E-state index contributed by atoms with van der Waals surface area (Å²) in [6.45, 7) is 4.30. The fourth-order valence-electron chi connectivity index (χ4n) is 3.56. The molecule has 7 heteroatoms. The Balaban J connectivity index is 1.25. The molecule has 1 saturated heterocycles. The number of hydrogen-bond acceptors (Lipinski definition) is 6. The van der Waals surface area contributed by atoms with Gasteiger partial charge in [-0.15, -0.1) is 0 Å². The second-order valence-electron chi connectivity index (χ2n) is 7.11. The summed E-state index contributed by atoms with van der Waals surface area (Å²) in [5.74, 6) is 1.40. The largest absolute Gasteiger partial charge is 0.356 e. The Morgan fingerprint density at radius 1 is 1.08 bits per heavy atom. The average molecular weight is 353 g/mol. The highest BCUT2D eigenvalue weighted by Crippen LogP contribution is 2.39. The molecule has 2 aromatic heterocycles. The van der Waals surface area contributed by atoms with Crippen LogP contribution in [-0.2, 0) is 6.54 Å². The SMILES string of the molecule is Fc1ccc2onc(CN3CCN(c4cc(C5CC5)ncn4)CC3)c2c1. The molecule has 0 N–H and O–H groups in total. The summed E-state index contributed by atoms with van der Waals surface area (Å²) >= 11 is 0. The predicted molar refractivity (Wildman–Crippen MR) is 95.5 cm³/mol. The van der Waals surface area contributed by atoms with Gasteiger partial charge in [0.1, 0.15) is 23.7 Å². The van der Waals surface area contributed by atoms with Crippen molar-refractivity contribution in [1.82, 2.24) is 20.0 Å². The molecule has 0 bridgehead atoms. The van der Waals surface area contributed by atoms with Crippen LogP contribution in [-0.4, -0.2) is 46.2 Å². The van der Waals surface area contributed by atoms with Crippen molar-refractivity contribution in [3.63, 3.8) is 0 Å². The highest BCUT2D eigenvalue weighted by molar-refractivity contribution is 5.79. The van der Waals surface area contributed by atoms with Crippen LogP contribution in [0.25, 0.3) is 11.0 Å². The van der Waals surface area contributed by atoms with Gasteiger partial charge in [0.15, 0.2) is 5.58 Å². The molecule has 3 heterocycles. The molecular weight excluding hydrogens is 333 g/mol. The third kappa shape index (κ3) is 3.03. The van der Waals surface area contributed by atoms with Gasteiger partial charge in [-0.1, -0.05) is 5.16 Å². The Hall–Kier alpha value is -2.54. The molecule has 0 atom stereocenters. The summed E-state index contributed by atoms with van der Waals surface area (Å²) in [5.41, 5.74) is 2.60. The van der Waals surface area contributed by atoms with Crippen LogP contribution in [0.4, 0.5) is 10.2 Å². The molecule has 26 heavy (non-hydrogen) atoms. The molecule has 1 aromatic carbocycles. The van der Waals surface area contributed by atoms with Gasteiger partial charge in [0.25, 0.3) is 0 Å². The van der Waals surface area contributed by atoms with E-state index in [4.69, 9.17) is 4.52 Å². The summed E-state index contributed by atoms with van der Waals surface area (Å²) in [6, 6.07) is 6.66. The Morgan fingerprint density at radius 3 is 2.73 bits per heavy atom. The quantitative estimate of drug-likeness (QED) is 0.719. The molecule has 134 valence electrons. The number of piperazine rings is 1. The van der Waals surface area contributed by atoms with Gasteiger partial charge in [-0.2, -0.15) is 0 Å². The van der Waals surface area contributed by atoms with Gasteiger partial charge < -0.3 is 9.42 Å². The molecule has 2 aliphatic rings. The summed E-state index contributed by atoms with van der Waals surface area (Å²) in [4.78, 5) is 13.5. The zero-order valence-electron chi connectivity index (χ0n) is 14.4. The number of rotatable bonds is 4. The lowest BCUT2D eigenvalue weighted by Gasteiger charge is -2.35. The molecular formula is C19H20FN5O. The molecule has 1 aliphatic carbocycles. The van der Waals surface area contributed by atoms with E-state index in [2.05, 4.69) is 31.0 Å². The lowest BCUT2D eigenvalue weighted by molar-refractivity contribution is 0.243. The first-order chi connectivity index (χ1) is 12.8. The molecule has 6 nitrogen and oxygen atoms in total. The second-order valence-corrected chi connectivity index (χ2v) is 7.11. The first-order valence-electron chi connectivity index (χ1n) is 9.09. The molecule has 0 spiro atoms. The third-order valence-electron chi connectivity index (χ3n) is 5.25. The van der Waals surface area contributed by atoms with Gasteiger partial charge in [0.05, 0.1) is 0 Å². The molecule has 1 saturated carbocycles. The highest BCUT2D eigenvalue weighted by atomic mass is 19.1. The molecule has 2 fully saturated rings. The second kappa shape index (κ2) is 6.32. The Labute approximate surface area is 150 Å². The topological polar surface area (TPSA) is 58.3 Å². The average Bonchev–Trinajstić information content (AvgIpc) is 3.46. The van der Waals surface area contributed by atoms with Gasteiger partial charge in [0, 0.05) is 55.8 Å². The monoisotopic (exact) mass is 353 g/mol. The highest BCUT2D eigenvalue weighted by Gasteiger charge is 2.26. The van der Waals surface area contributed by atoms with E-state index >= 15 is 0 Å². The Kier molecular flexibility index (Phi) is 3.81. The summed E-state index contributed by atoms with van der Waals surface area (Å²) < 4.78 is 18.8. The van der Waals surface area contributed by atoms with Crippen LogP contribution < -0.4 is 4.90 Å². The van der Waals surface area contributed by atoms with Gasteiger partial charge >= 0.3 is 0 Å². The van der Waals surface area contributed by atoms with Crippen LogP contribution in [0.1, 0.15) is 30.1 Å². The van der Waals surface area contributed by atoms with Crippen LogP contribution in [0.15, 0.2) is 35.1 Å². The fourth-order valence-corrected chi connectivity index (χ4v) is 3.56. The van der Waals surface area contributed by atoms with E-state index < -0.39 is 0 Å². The molecule has 0 amide bonds. The van der Waals surface area contributed by atoms with Crippen molar-refractivity contribution in [3.05, 3.63) is 47.8 Å². The molecule has 0 radical (unpaired) electrons. The van der Waals surface area contributed by atoms with Crippen molar-refractivity contribution in [3.8, 4) is 0 Å². The van der Waals surface area contributed by atoms with E-state index in [9.17, 15) is 4.39 Å². The number of fused-ring (bicyclic) bond motifs is 1. The predicted octanol–water partition coefficient (Wildman–Crippen LogP) is 2.96. The zero-order chi connectivity index (χ0) is 17.5. The first kappa shape index (κ1) is 15.7. The van der Waals surface area contributed by atoms with E-state index in [1.807, 2.05) is 0 Å². The normalized spacial score (nSPS) is 18.6. The summed E-state index contributed by atoms with van der Waals surface area (Å²) in [7, 11) is 0. The number of nitrogens with zero attached hydrogens (tertiary/aromatic N) is 5. The van der Waals surface area contributed by atoms with Crippen LogP contribution in [0.5, 0.6) is 0 Å². The van der Waals surface area contributed by atoms with E-state index in [1.165, 1.54) is 30.7 Å². The van der Waals surface area contributed by atoms with E-state index in [0.717, 1.165) is 43.1 Å². The van der Waals surface area contributed by atoms with Gasteiger partial charge in [0.2, 0.25) is 0 Å². The fraction of sp³-hybridized carbons (Fsp3) is 0.421. The van der Waals surface area contributed by atoms with Gasteiger partial charge in [-0.25, -0.2) is 14.4 Å². The van der Waals surface area contributed by atoms with E-state index in [0.29, 0.717) is 18.0 Å². The van der Waals surface area contributed by atoms with Crippen molar-refractivity contribution in [2.45, 2.75) is 25.3 Å². The van der Waals surface area contributed by atoms with E-state index in [-0.39, 0.29) is 5.82 Å². The lowest BCUT2D eigenvalue weighted by Crippen LogP contribution is -2.46. The molecule has 3 aromatic rings. The van der Waals surface area contributed by atoms with Crippen LogP contribution in [0.3, 0.4) is 0 Å². The van der Waals surface area contributed by atoms with Crippen molar-refractivity contribution in [2.24, 2.45) is 0 Å². The van der Waals surface area contributed by atoms with Crippen LogP contribution >= 0.6 is 0 Å². The zero-order valence-corrected chi connectivity index (χ0v) is 14.4. The van der Waals surface area contributed by atoms with E-state index in [1.54, 1.807) is 12.4 Å². The lowest BCUT2D eigenvalue weighted by atomic mass is 10.2. The molecule has 0 unspecified atom stereocenters. The van der Waals surface area contributed by atoms with Crippen molar-refractivity contribution >= 4 is 16.8 Å². The smallest absolute Gasteiger partial charge is 0.167 e. The summed E-state index contributed by atoms with van der Waals surface area (Å²) in [6.07, 6.45) is 4.18. The van der Waals surface area contributed by atoms with Crippen LogP contribution in [0, 0.1) is 5.82 Å². The van der Waals surface area contributed by atoms with Crippen LogP contribution in [0.2, 0.25) is 0 Å². The number of aromatic nitrogens is 3. The Bertz CT molecular complexity index is 931. The Morgan fingerprint density at radius 2 is 1.92 bits per heavy atom. The minimum absolute atomic E-state index is 0.262. The maximum absolute atomic E-state index is 13.5. The van der Waals surface area contributed by atoms with Gasteiger partial charge in [-0.3, -0.25) is 4.90 Å². The third-order valence-corrected chi connectivity index (χ3v) is 5.25. The standard InChI is InChI=1S/C19H20FN5O/c20-14-3-4-18-15(9-14)17(23-26-18)11-24-5-7-25(8-6-24)19-10-16(13-1-2-13)21-12-22-19/h3-4,9-10,12-13H,1-2,5-8,11H2. The van der Waals surface area contributed by atoms with Crippen molar-refractivity contribution in [2.75, 3.05) is 31.1 Å². The van der Waals surface area contributed by atoms with Gasteiger partial charge in [-0.05, 0) is 31.0 Å². The minimum atomic E-state index is -0.262. The maximum Gasteiger partial charge on any atom is 0.167 e. The number of hydrogen-bond donors (Lipinski definition) is 0. The van der Waals surface area contributed by atoms with Crippen molar-refractivity contribution < 1.29 is 8.91 Å². The number of halogens is 1. The first-order valence-corrected chi connectivity index (χ1v) is 9.09. The minimum Gasteiger partial charge on any atom is -0.356 e. The summed E-state index contributed by atoms with van der Waals surface area (Å²) in [5, 5.41) is 4.89. The number of anilines is 1. The number of benzene rings is 1. The maximum atomic E-state index is 13.5. The van der Waals surface area contributed by atoms with Crippen molar-refractivity contribution in [1.29, 1.82) is 0 Å². The molecule has 5 rings (SSSR count).